The fourth-order valence-corrected chi connectivity index (χ4v) is 5.40. The van der Waals surface area contributed by atoms with Crippen LogP contribution in [0.5, 0.6) is 5.75 Å². The standard InChI is InChI=1S/C30H35ClO/c1-3-4-5-6-22-7-9-23(10-8-22)24-11-13-25(14-12-24)27-17-20-29(30(31)21-27)26-15-18-28(32-2)19-16-26/h11-23H,3-10H2,1-2H3. The average molecular weight is 447 g/mol. The lowest BCUT2D eigenvalue weighted by atomic mass is 9.77. The highest BCUT2D eigenvalue weighted by atomic mass is 35.5. The van der Waals surface area contributed by atoms with Gasteiger partial charge in [0.05, 0.1) is 7.11 Å². The number of hydrogen-bond donors (Lipinski definition) is 0. The minimum Gasteiger partial charge on any atom is -0.497 e. The molecule has 0 saturated heterocycles. The van der Waals surface area contributed by atoms with Crippen molar-refractivity contribution < 1.29 is 4.74 Å². The average Bonchev–Trinajstić information content (AvgIpc) is 2.85. The molecule has 2 heteroatoms. The van der Waals surface area contributed by atoms with Crippen molar-refractivity contribution in [3.8, 4) is 28.0 Å². The van der Waals surface area contributed by atoms with E-state index in [1.165, 1.54) is 68.1 Å². The van der Waals surface area contributed by atoms with Gasteiger partial charge < -0.3 is 4.74 Å². The number of methoxy groups -OCH3 is 1. The molecule has 0 N–H and O–H groups in total. The number of hydrogen-bond acceptors (Lipinski definition) is 1. The smallest absolute Gasteiger partial charge is 0.118 e. The van der Waals surface area contributed by atoms with Crippen molar-refractivity contribution >= 4 is 11.6 Å². The molecule has 0 aliphatic heterocycles. The molecule has 0 spiro atoms. The Hall–Kier alpha value is -2.25. The van der Waals surface area contributed by atoms with Crippen LogP contribution in [0.15, 0.2) is 66.7 Å². The Labute approximate surface area is 198 Å². The number of unbranched alkanes of at least 4 members (excludes halogenated alkanes) is 2. The molecule has 1 aliphatic carbocycles. The second kappa shape index (κ2) is 11.1. The van der Waals surface area contributed by atoms with E-state index in [4.69, 9.17) is 16.3 Å². The summed E-state index contributed by atoms with van der Waals surface area (Å²) in [6.45, 7) is 2.30. The Bertz CT molecular complexity index is 982. The van der Waals surface area contributed by atoms with Gasteiger partial charge in [0.2, 0.25) is 0 Å². The largest absolute Gasteiger partial charge is 0.497 e. The van der Waals surface area contributed by atoms with E-state index in [9.17, 15) is 0 Å². The summed E-state index contributed by atoms with van der Waals surface area (Å²) in [6.07, 6.45) is 11.1. The molecule has 0 bridgehead atoms. The fourth-order valence-electron chi connectivity index (χ4n) is 5.11. The molecule has 168 valence electrons. The van der Waals surface area contributed by atoms with E-state index >= 15 is 0 Å². The van der Waals surface area contributed by atoms with Crippen molar-refractivity contribution in [3.63, 3.8) is 0 Å². The van der Waals surface area contributed by atoms with Crippen molar-refractivity contribution in [2.45, 2.75) is 64.2 Å². The van der Waals surface area contributed by atoms with Crippen LogP contribution in [0.25, 0.3) is 22.3 Å². The molecule has 1 nitrogen and oxygen atoms in total. The van der Waals surface area contributed by atoms with Gasteiger partial charge in [0, 0.05) is 10.6 Å². The SMILES string of the molecule is CCCCCC1CCC(c2ccc(-c3ccc(-c4ccc(OC)cc4)c(Cl)c3)cc2)CC1. The van der Waals surface area contributed by atoms with Crippen LogP contribution >= 0.6 is 11.6 Å². The molecule has 4 rings (SSSR count). The maximum absolute atomic E-state index is 6.67. The zero-order chi connectivity index (χ0) is 22.3. The van der Waals surface area contributed by atoms with Crippen LogP contribution in [0.1, 0.15) is 69.8 Å². The van der Waals surface area contributed by atoms with E-state index in [-0.39, 0.29) is 0 Å². The lowest BCUT2D eigenvalue weighted by Crippen LogP contribution is -2.13. The normalized spacial score (nSPS) is 18.5. The quantitative estimate of drug-likeness (QED) is 0.313. The van der Waals surface area contributed by atoms with Gasteiger partial charge in [-0.25, -0.2) is 0 Å². The summed E-state index contributed by atoms with van der Waals surface area (Å²) in [4.78, 5) is 0. The topological polar surface area (TPSA) is 9.23 Å². The van der Waals surface area contributed by atoms with Crippen LogP contribution in [0.3, 0.4) is 0 Å². The van der Waals surface area contributed by atoms with Gasteiger partial charge in [-0.05, 0) is 78.0 Å². The highest BCUT2D eigenvalue weighted by Gasteiger charge is 2.22. The lowest BCUT2D eigenvalue weighted by Gasteiger charge is -2.29. The van der Waals surface area contributed by atoms with E-state index in [0.717, 1.165) is 33.7 Å². The predicted octanol–water partition coefficient (Wildman–Crippen LogP) is 9.54. The third-order valence-electron chi connectivity index (χ3n) is 7.15. The lowest BCUT2D eigenvalue weighted by molar-refractivity contribution is 0.303. The Morgan fingerprint density at radius 3 is 2.06 bits per heavy atom. The fraction of sp³-hybridized carbons (Fsp3) is 0.400. The summed E-state index contributed by atoms with van der Waals surface area (Å²) in [5, 5.41) is 0.776. The van der Waals surface area contributed by atoms with E-state index < -0.39 is 0 Å². The molecule has 0 radical (unpaired) electrons. The summed E-state index contributed by atoms with van der Waals surface area (Å²) in [5.74, 6) is 2.54. The Kier molecular flexibility index (Phi) is 7.92. The van der Waals surface area contributed by atoms with Crippen LogP contribution in [0.4, 0.5) is 0 Å². The summed E-state index contributed by atoms with van der Waals surface area (Å²) in [6, 6.07) is 23.6. The molecule has 32 heavy (non-hydrogen) atoms. The van der Waals surface area contributed by atoms with Gasteiger partial charge in [0.15, 0.2) is 0 Å². The van der Waals surface area contributed by atoms with Crippen LogP contribution in [0, 0.1) is 5.92 Å². The van der Waals surface area contributed by atoms with Crippen LogP contribution in [-0.4, -0.2) is 7.11 Å². The molecule has 0 atom stereocenters. The molecule has 0 heterocycles. The van der Waals surface area contributed by atoms with Crippen molar-refractivity contribution in [3.05, 3.63) is 77.3 Å². The van der Waals surface area contributed by atoms with E-state index in [0.29, 0.717) is 0 Å². The molecule has 0 amide bonds. The van der Waals surface area contributed by atoms with Gasteiger partial charge in [0.25, 0.3) is 0 Å². The zero-order valence-electron chi connectivity index (χ0n) is 19.4. The van der Waals surface area contributed by atoms with Gasteiger partial charge in [-0.3, -0.25) is 0 Å². The van der Waals surface area contributed by atoms with Crippen LogP contribution in [0.2, 0.25) is 5.02 Å². The summed E-state index contributed by atoms with van der Waals surface area (Å²) < 4.78 is 5.26. The van der Waals surface area contributed by atoms with E-state index in [1.807, 2.05) is 24.3 Å². The van der Waals surface area contributed by atoms with Crippen LogP contribution in [-0.2, 0) is 0 Å². The summed E-state index contributed by atoms with van der Waals surface area (Å²) >= 11 is 6.67. The number of ether oxygens (including phenoxy) is 1. The number of rotatable bonds is 8. The first-order valence-electron chi connectivity index (χ1n) is 12.2. The molecule has 0 aromatic heterocycles. The third-order valence-corrected chi connectivity index (χ3v) is 7.46. The van der Waals surface area contributed by atoms with Crippen LogP contribution < -0.4 is 4.74 Å². The minimum absolute atomic E-state index is 0.729. The molecular weight excluding hydrogens is 412 g/mol. The van der Waals surface area contributed by atoms with Gasteiger partial charge in [0.1, 0.15) is 5.75 Å². The zero-order valence-corrected chi connectivity index (χ0v) is 20.2. The van der Waals surface area contributed by atoms with Gasteiger partial charge in [-0.1, -0.05) is 92.7 Å². The van der Waals surface area contributed by atoms with Crippen molar-refractivity contribution in [2.75, 3.05) is 7.11 Å². The van der Waals surface area contributed by atoms with Gasteiger partial charge in [-0.15, -0.1) is 0 Å². The predicted molar refractivity (Wildman–Crippen MR) is 138 cm³/mol. The Morgan fingerprint density at radius 2 is 1.44 bits per heavy atom. The summed E-state index contributed by atoms with van der Waals surface area (Å²) in [7, 11) is 1.68. The number of halogens is 1. The maximum atomic E-state index is 6.67. The van der Waals surface area contributed by atoms with E-state index in [1.54, 1.807) is 7.11 Å². The molecule has 0 unspecified atom stereocenters. The maximum Gasteiger partial charge on any atom is 0.118 e. The number of benzene rings is 3. The molecular formula is C30H35ClO. The third kappa shape index (κ3) is 5.56. The molecule has 1 fully saturated rings. The molecule has 1 saturated carbocycles. The van der Waals surface area contributed by atoms with Crippen molar-refractivity contribution in [1.82, 2.24) is 0 Å². The molecule has 1 aliphatic rings. The highest BCUT2D eigenvalue weighted by molar-refractivity contribution is 6.33. The first kappa shape index (κ1) is 22.9. The second-order valence-corrected chi connectivity index (χ2v) is 9.67. The van der Waals surface area contributed by atoms with Crippen molar-refractivity contribution in [2.24, 2.45) is 5.92 Å². The second-order valence-electron chi connectivity index (χ2n) is 9.26. The Balaban J connectivity index is 1.40. The van der Waals surface area contributed by atoms with E-state index in [2.05, 4.69) is 49.4 Å². The molecule has 3 aromatic carbocycles. The first-order chi connectivity index (χ1) is 15.7. The molecule has 3 aromatic rings. The monoisotopic (exact) mass is 446 g/mol. The van der Waals surface area contributed by atoms with Crippen molar-refractivity contribution in [1.29, 1.82) is 0 Å². The van der Waals surface area contributed by atoms with Gasteiger partial charge >= 0.3 is 0 Å². The first-order valence-corrected chi connectivity index (χ1v) is 12.6. The highest BCUT2D eigenvalue weighted by Crippen LogP contribution is 2.39. The minimum atomic E-state index is 0.729. The van der Waals surface area contributed by atoms with Gasteiger partial charge in [-0.2, -0.15) is 0 Å². The summed E-state index contributed by atoms with van der Waals surface area (Å²) in [5.41, 5.74) is 6.04. The Morgan fingerprint density at radius 1 is 0.781 bits per heavy atom.